The number of alkyl halides is 5. The molecule has 3 unspecified atom stereocenters. The third-order valence-electron chi connectivity index (χ3n) is 3.80. The summed E-state index contributed by atoms with van der Waals surface area (Å²) in [6.07, 6.45) is -2.72. The Morgan fingerprint density at radius 1 is 1.28 bits per heavy atom. The van der Waals surface area contributed by atoms with Gasteiger partial charge in [0.2, 0.25) is 6.10 Å². The van der Waals surface area contributed by atoms with E-state index in [9.17, 15) is 31.1 Å². The first kappa shape index (κ1) is 22.1. The Kier molecular flexibility index (Phi) is 6.49. The van der Waals surface area contributed by atoms with Crippen LogP contribution in [0.25, 0.3) is 0 Å². The summed E-state index contributed by atoms with van der Waals surface area (Å²) >= 11 is 6.23. The predicted octanol–water partition coefficient (Wildman–Crippen LogP) is 5.49. The van der Waals surface area contributed by atoms with Crippen LogP contribution >= 0.6 is 31.9 Å². The average molecular weight is 498 g/mol. The topological polar surface area (TPSA) is 26.3 Å². The molecule has 0 heterocycles. The number of ether oxygens (including phenoxy) is 1. The van der Waals surface area contributed by atoms with Crippen molar-refractivity contribution in [1.82, 2.24) is 0 Å². The van der Waals surface area contributed by atoms with Gasteiger partial charge in [0, 0.05) is 6.08 Å². The Morgan fingerprint density at radius 3 is 2.20 bits per heavy atom. The standard InChI is InChI=1S/C15H12Br2F6O2/c1-4-9(8(18)6-14(19,20)15(21,22)23)25-12(24)11-7(5-10(16)17)13(11,2)3/h1,5-7,9,11H,2-3H3/b8-6-. The van der Waals surface area contributed by atoms with Crippen LogP contribution in [0.2, 0.25) is 0 Å². The van der Waals surface area contributed by atoms with Crippen LogP contribution in [0.5, 0.6) is 0 Å². The third kappa shape index (κ3) is 5.03. The summed E-state index contributed by atoms with van der Waals surface area (Å²) in [5, 5.41) is 0. The SMILES string of the molecule is C#CC(OC(=O)C1C(C=C(Br)Br)C1(C)C)/C(F)=C/C(F)(F)C(F)(F)F. The molecule has 25 heavy (non-hydrogen) atoms. The van der Waals surface area contributed by atoms with Crippen LogP contribution in [0, 0.1) is 29.6 Å². The fourth-order valence-corrected chi connectivity index (χ4v) is 2.83. The van der Waals surface area contributed by atoms with Gasteiger partial charge in [-0.05, 0) is 43.2 Å². The molecule has 10 heteroatoms. The van der Waals surface area contributed by atoms with Crippen molar-refractivity contribution in [3.05, 3.63) is 21.4 Å². The molecule has 1 rings (SSSR count). The summed E-state index contributed by atoms with van der Waals surface area (Å²) in [6.45, 7) is 3.41. The van der Waals surface area contributed by atoms with Gasteiger partial charge in [-0.25, -0.2) is 4.39 Å². The zero-order valence-corrected chi connectivity index (χ0v) is 16.0. The van der Waals surface area contributed by atoms with E-state index in [-0.39, 0.29) is 5.92 Å². The third-order valence-corrected chi connectivity index (χ3v) is 4.33. The van der Waals surface area contributed by atoms with Gasteiger partial charge >= 0.3 is 18.1 Å². The molecular formula is C15H12Br2F6O2. The molecule has 1 aliphatic rings. The van der Waals surface area contributed by atoms with Crippen molar-refractivity contribution < 1.29 is 35.9 Å². The van der Waals surface area contributed by atoms with Crippen LogP contribution in [0.1, 0.15) is 13.8 Å². The smallest absolute Gasteiger partial charge is 0.441 e. The second-order valence-corrected chi connectivity index (χ2v) is 8.69. The molecule has 0 N–H and O–H groups in total. The van der Waals surface area contributed by atoms with Crippen LogP contribution in [-0.2, 0) is 9.53 Å². The molecular weight excluding hydrogens is 486 g/mol. The zero-order chi connectivity index (χ0) is 19.8. The monoisotopic (exact) mass is 496 g/mol. The molecule has 140 valence electrons. The van der Waals surface area contributed by atoms with Crippen molar-refractivity contribution >= 4 is 37.8 Å². The van der Waals surface area contributed by atoms with E-state index in [1.807, 2.05) is 0 Å². The van der Waals surface area contributed by atoms with Gasteiger partial charge in [-0.15, -0.1) is 6.42 Å². The number of rotatable bonds is 5. The van der Waals surface area contributed by atoms with E-state index in [1.165, 1.54) is 0 Å². The molecule has 0 saturated heterocycles. The van der Waals surface area contributed by atoms with Crippen molar-refractivity contribution in [1.29, 1.82) is 0 Å². The van der Waals surface area contributed by atoms with E-state index in [4.69, 9.17) is 6.42 Å². The number of hydrogen-bond donors (Lipinski definition) is 0. The molecule has 1 fully saturated rings. The molecule has 0 radical (unpaired) electrons. The number of terminal acetylenes is 1. The van der Waals surface area contributed by atoms with Crippen molar-refractivity contribution in [2.75, 3.05) is 0 Å². The van der Waals surface area contributed by atoms with Crippen molar-refractivity contribution in [3.8, 4) is 12.3 Å². The molecule has 0 aliphatic heterocycles. The van der Waals surface area contributed by atoms with Crippen LogP contribution in [0.15, 0.2) is 21.4 Å². The van der Waals surface area contributed by atoms with Crippen LogP contribution < -0.4 is 0 Å². The molecule has 0 bridgehead atoms. The Balaban J connectivity index is 2.92. The van der Waals surface area contributed by atoms with E-state index >= 15 is 0 Å². The summed E-state index contributed by atoms with van der Waals surface area (Å²) in [6, 6.07) is 0. The molecule has 1 saturated carbocycles. The number of carbonyl (C=O) groups is 1. The number of allylic oxidation sites excluding steroid dienone is 2. The first-order valence-electron chi connectivity index (χ1n) is 6.67. The lowest BCUT2D eigenvalue weighted by molar-refractivity contribution is -0.259. The average Bonchev–Trinajstić information content (AvgIpc) is 2.94. The Labute approximate surface area is 156 Å². The molecule has 1 aliphatic carbocycles. The maximum Gasteiger partial charge on any atom is 0.457 e. The Morgan fingerprint density at radius 2 is 1.80 bits per heavy atom. The summed E-state index contributed by atoms with van der Waals surface area (Å²) in [4.78, 5) is 12.1. The van der Waals surface area contributed by atoms with Crippen molar-refractivity contribution in [2.45, 2.75) is 32.1 Å². The van der Waals surface area contributed by atoms with Crippen molar-refractivity contribution in [3.63, 3.8) is 0 Å². The fraction of sp³-hybridized carbons (Fsp3) is 0.533. The minimum Gasteiger partial charge on any atom is -0.441 e. The second kappa shape index (κ2) is 7.35. The molecule has 0 amide bonds. The summed E-state index contributed by atoms with van der Waals surface area (Å²) < 4.78 is 80.8. The molecule has 0 aromatic rings. The molecule has 0 aromatic carbocycles. The number of esters is 1. The molecule has 2 nitrogen and oxygen atoms in total. The van der Waals surface area contributed by atoms with E-state index in [0.29, 0.717) is 3.39 Å². The van der Waals surface area contributed by atoms with Gasteiger partial charge in [0.15, 0.2) is 5.83 Å². The first-order valence-corrected chi connectivity index (χ1v) is 8.26. The lowest BCUT2D eigenvalue weighted by Crippen LogP contribution is -2.35. The summed E-state index contributed by atoms with van der Waals surface area (Å²) in [5.74, 6) is -8.00. The summed E-state index contributed by atoms with van der Waals surface area (Å²) in [7, 11) is 0. The highest BCUT2D eigenvalue weighted by atomic mass is 79.9. The molecule has 0 aromatic heterocycles. The van der Waals surface area contributed by atoms with Gasteiger partial charge in [0.25, 0.3) is 0 Å². The Bertz CT molecular complexity index is 641. The van der Waals surface area contributed by atoms with Gasteiger partial charge < -0.3 is 4.74 Å². The quantitative estimate of drug-likeness (QED) is 0.285. The molecule has 3 atom stereocenters. The van der Waals surface area contributed by atoms with Gasteiger partial charge in [-0.2, -0.15) is 22.0 Å². The van der Waals surface area contributed by atoms with Gasteiger partial charge in [0.05, 0.1) is 9.31 Å². The Hall–Kier alpha value is -0.950. The largest absolute Gasteiger partial charge is 0.457 e. The van der Waals surface area contributed by atoms with Crippen LogP contribution in [0.4, 0.5) is 26.3 Å². The van der Waals surface area contributed by atoms with E-state index in [2.05, 4.69) is 36.6 Å². The van der Waals surface area contributed by atoms with Gasteiger partial charge in [0.1, 0.15) is 0 Å². The highest BCUT2D eigenvalue weighted by molar-refractivity contribution is 9.28. The normalized spacial score (nSPS) is 24.1. The lowest BCUT2D eigenvalue weighted by atomic mass is 10.1. The van der Waals surface area contributed by atoms with Crippen molar-refractivity contribution in [2.24, 2.45) is 17.3 Å². The highest BCUT2D eigenvalue weighted by Gasteiger charge is 2.62. The maximum absolute atomic E-state index is 13.7. The first-order chi connectivity index (χ1) is 11.1. The second-order valence-electron chi connectivity index (χ2n) is 5.91. The van der Waals surface area contributed by atoms with E-state index in [0.717, 1.165) is 0 Å². The number of halogens is 8. The minimum absolute atomic E-state index is 0.309. The lowest BCUT2D eigenvalue weighted by Gasteiger charge is -2.17. The van der Waals surface area contributed by atoms with Gasteiger partial charge in [-0.3, -0.25) is 4.79 Å². The highest BCUT2D eigenvalue weighted by Crippen LogP contribution is 2.60. The fourth-order valence-electron chi connectivity index (χ4n) is 2.26. The van der Waals surface area contributed by atoms with E-state index < -0.39 is 47.4 Å². The zero-order valence-electron chi connectivity index (χ0n) is 12.8. The predicted molar refractivity (Wildman–Crippen MR) is 85.6 cm³/mol. The number of carbonyl (C=O) groups excluding carboxylic acids is 1. The van der Waals surface area contributed by atoms with Crippen LogP contribution in [0.3, 0.4) is 0 Å². The maximum atomic E-state index is 13.7. The summed E-state index contributed by atoms with van der Waals surface area (Å²) in [5.41, 5.74) is -0.570. The van der Waals surface area contributed by atoms with Crippen LogP contribution in [-0.4, -0.2) is 24.2 Å². The number of hydrogen-bond acceptors (Lipinski definition) is 2. The van der Waals surface area contributed by atoms with Gasteiger partial charge in [-0.1, -0.05) is 25.8 Å². The minimum atomic E-state index is -6.00. The molecule has 0 spiro atoms. The van der Waals surface area contributed by atoms with E-state index in [1.54, 1.807) is 25.8 Å².